The molecule has 1 fully saturated rings. The topological polar surface area (TPSA) is 75.7 Å². The minimum Gasteiger partial charge on any atom is -0.372 e. The molecular formula is C23H30N2O4S. The van der Waals surface area contributed by atoms with Crippen LogP contribution in [0.1, 0.15) is 46.5 Å². The summed E-state index contributed by atoms with van der Waals surface area (Å²) >= 11 is 0. The van der Waals surface area contributed by atoms with Crippen molar-refractivity contribution in [3.63, 3.8) is 0 Å². The van der Waals surface area contributed by atoms with Crippen LogP contribution in [-0.4, -0.2) is 44.5 Å². The van der Waals surface area contributed by atoms with Crippen LogP contribution in [0.25, 0.3) is 0 Å². The summed E-state index contributed by atoms with van der Waals surface area (Å²) in [6, 6.07) is 8.58. The molecule has 0 aromatic heterocycles. The van der Waals surface area contributed by atoms with Gasteiger partial charge in [-0.2, -0.15) is 0 Å². The zero-order chi connectivity index (χ0) is 22.2. The Morgan fingerprint density at radius 3 is 1.97 bits per heavy atom. The van der Waals surface area contributed by atoms with Gasteiger partial charge in [-0.05, 0) is 88.1 Å². The molecule has 1 saturated heterocycles. The average molecular weight is 431 g/mol. The summed E-state index contributed by atoms with van der Waals surface area (Å²) in [6.45, 7) is 12.5. The Balaban J connectivity index is 1.82. The molecule has 2 aromatic rings. The molecule has 1 aliphatic heterocycles. The Labute approximate surface area is 179 Å². The van der Waals surface area contributed by atoms with E-state index in [4.69, 9.17) is 4.74 Å². The van der Waals surface area contributed by atoms with Crippen LogP contribution >= 0.6 is 0 Å². The lowest BCUT2D eigenvalue weighted by atomic mass is 10.0. The second kappa shape index (κ2) is 8.40. The number of morpholine rings is 1. The lowest BCUT2D eigenvalue weighted by Crippen LogP contribution is -2.48. The van der Waals surface area contributed by atoms with E-state index >= 15 is 0 Å². The Morgan fingerprint density at radius 2 is 1.47 bits per heavy atom. The number of hydrogen-bond donors (Lipinski definition) is 1. The van der Waals surface area contributed by atoms with Crippen LogP contribution in [0.2, 0.25) is 0 Å². The van der Waals surface area contributed by atoms with Gasteiger partial charge in [-0.15, -0.1) is 0 Å². The highest BCUT2D eigenvalue weighted by atomic mass is 32.2. The van der Waals surface area contributed by atoms with E-state index in [-0.39, 0.29) is 18.1 Å². The third kappa shape index (κ3) is 4.52. The van der Waals surface area contributed by atoms with Gasteiger partial charge >= 0.3 is 0 Å². The first kappa shape index (κ1) is 22.3. The summed E-state index contributed by atoms with van der Waals surface area (Å²) < 4.78 is 34.5. The van der Waals surface area contributed by atoms with Crippen molar-refractivity contribution >= 4 is 21.6 Å². The molecule has 1 amide bonds. The van der Waals surface area contributed by atoms with Gasteiger partial charge in [0.25, 0.3) is 15.9 Å². The number of aryl methyl sites for hydroxylation is 2. The summed E-state index contributed by atoms with van der Waals surface area (Å²) in [7, 11) is -3.75. The smallest absolute Gasteiger partial charge is 0.262 e. The fourth-order valence-electron chi connectivity index (χ4n) is 4.00. The Hall–Kier alpha value is -2.38. The number of rotatable bonds is 4. The number of benzene rings is 2. The molecule has 30 heavy (non-hydrogen) atoms. The van der Waals surface area contributed by atoms with Crippen molar-refractivity contribution in [3.8, 4) is 0 Å². The molecule has 7 heteroatoms. The predicted octanol–water partition coefficient (Wildman–Crippen LogP) is 3.97. The number of amides is 1. The Bertz CT molecular complexity index is 1030. The number of nitrogens with one attached hydrogen (secondary N) is 1. The van der Waals surface area contributed by atoms with Crippen LogP contribution < -0.4 is 4.72 Å². The van der Waals surface area contributed by atoms with Crippen molar-refractivity contribution in [3.05, 3.63) is 58.1 Å². The van der Waals surface area contributed by atoms with E-state index in [0.29, 0.717) is 29.2 Å². The first-order valence-corrected chi connectivity index (χ1v) is 11.6. The standard InChI is InChI=1S/C23H30N2O4S/c1-14-11-15(2)19(6)22(18(14)5)30(27,28)24-21-9-7-20(8-10-21)23(26)25-12-16(3)29-17(4)13-25/h7-11,16-17,24H,12-13H2,1-6H3. The molecule has 0 saturated carbocycles. The van der Waals surface area contributed by atoms with Crippen LogP contribution in [0.3, 0.4) is 0 Å². The molecule has 1 aliphatic rings. The van der Waals surface area contributed by atoms with Gasteiger partial charge in [0.05, 0.1) is 17.1 Å². The number of nitrogens with zero attached hydrogens (tertiary/aromatic N) is 1. The van der Waals surface area contributed by atoms with Crippen molar-refractivity contribution in [2.45, 2.75) is 58.6 Å². The molecule has 1 N–H and O–H groups in total. The predicted molar refractivity (Wildman–Crippen MR) is 119 cm³/mol. The lowest BCUT2D eigenvalue weighted by molar-refractivity contribution is -0.0586. The maximum atomic E-state index is 13.1. The van der Waals surface area contributed by atoms with Crippen LogP contribution in [0.4, 0.5) is 5.69 Å². The quantitative estimate of drug-likeness (QED) is 0.796. The molecule has 0 spiro atoms. The SMILES string of the molecule is Cc1cc(C)c(C)c(S(=O)(=O)Nc2ccc(C(=O)N3CC(C)OC(C)C3)cc2)c1C. The van der Waals surface area contributed by atoms with Crippen LogP contribution in [0, 0.1) is 27.7 Å². The first-order valence-electron chi connectivity index (χ1n) is 10.1. The first-order chi connectivity index (χ1) is 14.0. The van der Waals surface area contributed by atoms with Crippen LogP contribution in [-0.2, 0) is 14.8 Å². The number of anilines is 1. The summed E-state index contributed by atoms with van der Waals surface area (Å²) in [6.07, 6.45) is -0.0129. The Morgan fingerprint density at radius 1 is 0.967 bits per heavy atom. The molecule has 6 nitrogen and oxygen atoms in total. The molecule has 3 rings (SSSR count). The molecule has 0 radical (unpaired) electrons. The van der Waals surface area contributed by atoms with Gasteiger partial charge in [0, 0.05) is 24.3 Å². The largest absolute Gasteiger partial charge is 0.372 e. The van der Waals surface area contributed by atoms with E-state index in [1.54, 1.807) is 29.2 Å². The molecule has 0 bridgehead atoms. The molecule has 2 atom stereocenters. The molecule has 0 aliphatic carbocycles. The number of hydrogen-bond acceptors (Lipinski definition) is 4. The summed E-state index contributed by atoms with van der Waals surface area (Å²) in [5.74, 6) is -0.0765. The minimum absolute atomic E-state index is 0.00644. The van der Waals surface area contributed by atoms with E-state index < -0.39 is 10.0 Å². The van der Waals surface area contributed by atoms with E-state index in [0.717, 1.165) is 22.3 Å². The normalized spacial score (nSPS) is 19.6. The molecule has 1 heterocycles. The fraction of sp³-hybridized carbons (Fsp3) is 0.435. The number of carbonyl (C=O) groups is 1. The number of ether oxygens (including phenoxy) is 1. The van der Waals surface area contributed by atoms with Gasteiger partial charge in [0.1, 0.15) is 0 Å². The monoisotopic (exact) mass is 430 g/mol. The average Bonchev–Trinajstić information content (AvgIpc) is 2.65. The maximum Gasteiger partial charge on any atom is 0.262 e. The van der Waals surface area contributed by atoms with Crippen molar-refractivity contribution in [1.82, 2.24) is 4.90 Å². The van der Waals surface area contributed by atoms with E-state index in [2.05, 4.69) is 4.72 Å². The molecule has 162 valence electrons. The van der Waals surface area contributed by atoms with Gasteiger partial charge in [-0.1, -0.05) is 6.07 Å². The van der Waals surface area contributed by atoms with Crippen molar-refractivity contribution in [2.75, 3.05) is 17.8 Å². The second-order valence-corrected chi connectivity index (χ2v) is 9.86. The molecule has 2 unspecified atom stereocenters. The van der Waals surface area contributed by atoms with Gasteiger partial charge in [0.15, 0.2) is 0 Å². The highest BCUT2D eigenvalue weighted by Crippen LogP contribution is 2.28. The molecular weight excluding hydrogens is 400 g/mol. The Kier molecular flexibility index (Phi) is 6.24. The zero-order valence-electron chi connectivity index (χ0n) is 18.4. The molecule has 2 aromatic carbocycles. The van der Waals surface area contributed by atoms with Crippen molar-refractivity contribution in [1.29, 1.82) is 0 Å². The summed E-state index contributed by atoms with van der Waals surface area (Å²) in [5, 5.41) is 0. The van der Waals surface area contributed by atoms with E-state index in [1.807, 2.05) is 47.6 Å². The minimum atomic E-state index is -3.75. The highest BCUT2D eigenvalue weighted by molar-refractivity contribution is 7.92. The lowest BCUT2D eigenvalue weighted by Gasteiger charge is -2.35. The van der Waals surface area contributed by atoms with Crippen molar-refractivity contribution < 1.29 is 17.9 Å². The third-order valence-corrected chi connectivity index (χ3v) is 7.31. The number of sulfonamides is 1. The summed E-state index contributed by atoms with van der Waals surface area (Å²) in [5.41, 5.74) is 4.31. The summed E-state index contributed by atoms with van der Waals surface area (Å²) in [4.78, 5) is 14.9. The van der Waals surface area contributed by atoms with Crippen molar-refractivity contribution in [2.24, 2.45) is 0 Å². The van der Waals surface area contributed by atoms with Gasteiger partial charge < -0.3 is 9.64 Å². The third-order valence-electron chi connectivity index (χ3n) is 5.66. The van der Waals surface area contributed by atoms with Gasteiger partial charge in [0.2, 0.25) is 0 Å². The van der Waals surface area contributed by atoms with E-state index in [9.17, 15) is 13.2 Å². The number of carbonyl (C=O) groups excluding carboxylic acids is 1. The van der Waals surface area contributed by atoms with E-state index in [1.165, 1.54) is 0 Å². The fourth-order valence-corrected chi connectivity index (χ4v) is 5.67. The zero-order valence-corrected chi connectivity index (χ0v) is 19.3. The van der Waals surface area contributed by atoms with Crippen LogP contribution in [0.15, 0.2) is 35.2 Å². The second-order valence-electron chi connectivity index (χ2n) is 8.24. The van der Waals surface area contributed by atoms with Gasteiger partial charge in [-0.25, -0.2) is 8.42 Å². The van der Waals surface area contributed by atoms with Crippen LogP contribution in [0.5, 0.6) is 0 Å². The van der Waals surface area contributed by atoms with Gasteiger partial charge in [-0.3, -0.25) is 9.52 Å². The maximum absolute atomic E-state index is 13.1. The highest BCUT2D eigenvalue weighted by Gasteiger charge is 2.27.